The summed E-state index contributed by atoms with van der Waals surface area (Å²) in [6, 6.07) is 4.12. The molecule has 120 valence electrons. The van der Waals surface area contributed by atoms with Gasteiger partial charge in [-0.1, -0.05) is 12.8 Å². The quantitative estimate of drug-likeness (QED) is 0.859. The average Bonchev–Trinajstić information content (AvgIpc) is 2.55. The van der Waals surface area contributed by atoms with Gasteiger partial charge in [-0.05, 0) is 63.0 Å². The van der Waals surface area contributed by atoms with Gasteiger partial charge in [0.15, 0.2) is 0 Å². The topological polar surface area (TPSA) is 51.2 Å². The van der Waals surface area contributed by atoms with Crippen molar-refractivity contribution in [3.63, 3.8) is 0 Å². The number of esters is 1. The Morgan fingerprint density at radius 2 is 2.05 bits per heavy atom. The molecule has 3 fully saturated rings. The zero-order valence-corrected chi connectivity index (χ0v) is 13.8. The number of carbonyl (C=O) groups is 1. The lowest BCUT2D eigenvalue weighted by Gasteiger charge is -2.45. The molecular weight excluding hydrogens is 276 g/mol. The van der Waals surface area contributed by atoms with Crippen molar-refractivity contribution >= 4 is 11.8 Å². The molecule has 0 aliphatic heterocycles. The summed E-state index contributed by atoms with van der Waals surface area (Å²) in [7, 11) is 1.40. The third kappa shape index (κ3) is 2.96. The van der Waals surface area contributed by atoms with E-state index in [-0.39, 0.29) is 5.97 Å². The monoisotopic (exact) mass is 302 g/mol. The molecule has 22 heavy (non-hydrogen) atoms. The molecule has 3 saturated carbocycles. The van der Waals surface area contributed by atoms with Crippen LogP contribution in [-0.4, -0.2) is 24.1 Å². The van der Waals surface area contributed by atoms with E-state index in [1.165, 1.54) is 39.2 Å². The summed E-state index contributed by atoms with van der Waals surface area (Å²) in [5.74, 6) is 3.11. The lowest BCUT2D eigenvalue weighted by atomic mass is 9.63. The smallest absolute Gasteiger partial charge is 0.339 e. The van der Waals surface area contributed by atoms with Gasteiger partial charge in [-0.3, -0.25) is 0 Å². The van der Waals surface area contributed by atoms with E-state index in [1.807, 2.05) is 13.0 Å². The Bertz CT molecular complexity index is 550. The van der Waals surface area contributed by atoms with Crippen LogP contribution < -0.4 is 5.32 Å². The van der Waals surface area contributed by atoms with Crippen LogP contribution in [0.5, 0.6) is 0 Å². The molecule has 2 bridgehead atoms. The van der Waals surface area contributed by atoms with Crippen LogP contribution in [0, 0.1) is 24.7 Å². The maximum Gasteiger partial charge on any atom is 0.339 e. The van der Waals surface area contributed by atoms with Crippen LogP contribution in [0.3, 0.4) is 0 Å². The van der Waals surface area contributed by atoms with Crippen molar-refractivity contribution in [2.45, 2.75) is 52.0 Å². The number of nitrogens with one attached hydrogen (secondary N) is 1. The molecule has 1 aromatic rings. The Kier molecular flexibility index (Phi) is 4.37. The molecule has 2 atom stereocenters. The zero-order valence-electron chi connectivity index (χ0n) is 13.8. The highest BCUT2D eigenvalue weighted by molar-refractivity contribution is 5.90. The van der Waals surface area contributed by atoms with Crippen molar-refractivity contribution in [3.8, 4) is 0 Å². The number of hydrogen-bond donors (Lipinski definition) is 1. The van der Waals surface area contributed by atoms with E-state index in [4.69, 9.17) is 4.74 Å². The molecule has 3 aliphatic rings. The summed E-state index contributed by atoms with van der Waals surface area (Å²) in [6.07, 6.45) is 7.01. The molecule has 1 heterocycles. The number of anilines is 1. The third-order valence-electron chi connectivity index (χ3n) is 5.61. The summed E-state index contributed by atoms with van der Waals surface area (Å²) in [5, 5.41) is 3.56. The Morgan fingerprint density at radius 3 is 2.59 bits per heavy atom. The zero-order chi connectivity index (χ0) is 15.7. The van der Waals surface area contributed by atoms with Crippen LogP contribution in [0.4, 0.5) is 5.82 Å². The van der Waals surface area contributed by atoms with Gasteiger partial charge in [0.05, 0.1) is 18.4 Å². The molecule has 4 rings (SSSR count). The van der Waals surface area contributed by atoms with E-state index in [2.05, 4.69) is 17.2 Å². The summed E-state index contributed by atoms with van der Waals surface area (Å²) in [5.41, 5.74) is 1.26. The molecule has 1 aromatic heterocycles. The summed E-state index contributed by atoms with van der Waals surface area (Å²) in [4.78, 5) is 16.1. The molecule has 0 saturated heterocycles. The number of ether oxygens (including phenoxy) is 1. The molecule has 4 nitrogen and oxygen atoms in total. The van der Waals surface area contributed by atoms with Gasteiger partial charge in [0.1, 0.15) is 5.82 Å². The van der Waals surface area contributed by atoms with Gasteiger partial charge in [-0.2, -0.15) is 0 Å². The number of hydrogen-bond acceptors (Lipinski definition) is 4. The molecule has 0 radical (unpaired) electrons. The van der Waals surface area contributed by atoms with Crippen molar-refractivity contribution in [2.75, 3.05) is 12.4 Å². The fourth-order valence-corrected chi connectivity index (χ4v) is 4.35. The maximum absolute atomic E-state index is 11.6. The largest absolute Gasteiger partial charge is 0.465 e. The lowest BCUT2D eigenvalue weighted by Crippen LogP contribution is -2.40. The molecule has 0 spiro atoms. The van der Waals surface area contributed by atoms with Gasteiger partial charge < -0.3 is 10.1 Å². The highest BCUT2D eigenvalue weighted by Crippen LogP contribution is 2.46. The first-order valence-electron chi connectivity index (χ1n) is 8.41. The lowest BCUT2D eigenvalue weighted by molar-refractivity contribution is 0.0599. The molecule has 3 aliphatic carbocycles. The van der Waals surface area contributed by atoms with E-state index in [9.17, 15) is 4.79 Å². The number of rotatable bonds is 4. The number of carbonyl (C=O) groups excluding carboxylic acids is 1. The molecule has 2 unspecified atom stereocenters. The second-order valence-electron chi connectivity index (χ2n) is 6.93. The second kappa shape index (κ2) is 6.27. The van der Waals surface area contributed by atoms with Crippen LogP contribution in [-0.2, 0) is 4.74 Å². The average molecular weight is 302 g/mol. The molecule has 4 heteroatoms. The Morgan fingerprint density at radius 1 is 1.32 bits per heavy atom. The molecule has 0 amide bonds. The predicted octanol–water partition coefficient (Wildman–Crippen LogP) is 3.80. The van der Waals surface area contributed by atoms with Crippen molar-refractivity contribution in [2.24, 2.45) is 17.8 Å². The second-order valence-corrected chi connectivity index (χ2v) is 6.93. The van der Waals surface area contributed by atoms with Crippen molar-refractivity contribution in [1.82, 2.24) is 4.98 Å². The first-order chi connectivity index (χ1) is 10.6. The molecule has 0 aromatic carbocycles. The van der Waals surface area contributed by atoms with Gasteiger partial charge in [-0.15, -0.1) is 0 Å². The highest BCUT2D eigenvalue weighted by atomic mass is 16.5. The van der Waals surface area contributed by atoms with Crippen LogP contribution in [0.15, 0.2) is 12.1 Å². The Balaban J connectivity index is 1.68. The van der Waals surface area contributed by atoms with Gasteiger partial charge in [-0.25, -0.2) is 9.78 Å². The summed E-state index contributed by atoms with van der Waals surface area (Å²) < 4.78 is 4.77. The fourth-order valence-electron chi connectivity index (χ4n) is 4.35. The van der Waals surface area contributed by atoms with E-state index in [1.54, 1.807) is 6.07 Å². The normalized spacial score (nSPS) is 28.2. The number of pyridine rings is 1. The van der Waals surface area contributed by atoms with Crippen molar-refractivity contribution < 1.29 is 9.53 Å². The van der Waals surface area contributed by atoms with Crippen molar-refractivity contribution in [1.29, 1.82) is 0 Å². The molecule has 1 N–H and O–H groups in total. The first-order valence-corrected chi connectivity index (χ1v) is 8.41. The summed E-state index contributed by atoms with van der Waals surface area (Å²) in [6.45, 7) is 4.13. The van der Waals surface area contributed by atoms with E-state index >= 15 is 0 Å². The minimum Gasteiger partial charge on any atom is -0.465 e. The van der Waals surface area contributed by atoms with Crippen molar-refractivity contribution in [3.05, 3.63) is 23.4 Å². The fraction of sp³-hybridized carbons (Fsp3) is 0.667. The molecular formula is C18H26N2O2. The first kappa shape index (κ1) is 15.3. The van der Waals surface area contributed by atoms with Crippen LogP contribution in [0.2, 0.25) is 0 Å². The minimum atomic E-state index is -0.325. The van der Waals surface area contributed by atoms with Gasteiger partial charge in [0, 0.05) is 6.04 Å². The van der Waals surface area contributed by atoms with E-state index < -0.39 is 0 Å². The van der Waals surface area contributed by atoms with Gasteiger partial charge in [0.2, 0.25) is 0 Å². The van der Waals surface area contributed by atoms with E-state index in [0.717, 1.165) is 23.6 Å². The van der Waals surface area contributed by atoms with Gasteiger partial charge >= 0.3 is 5.97 Å². The van der Waals surface area contributed by atoms with Crippen LogP contribution in [0.1, 0.15) is 55.1 Å². The van der Waals surface area contributed by atoms with Crippen LogP contribution in [0.25, 0.3) is 0 Å². The number of aromatic nitrogens is 1. The number of aryl methyl sites for hydroxylation is 1. The van der Waals surface area contributed by atoms with Gasteiger partial charge in [0.25, 0.3) is 0 Å². The Hall–Kier alpha value is -1.58. The minimum absolute atomic E-state index is 0.325. The standard InChI is InChI=1S/C18H26N2O2/c1-11-15(18(21)22-3)8-9-17(19-11)20-12(2)16-10-13-4-6-14(16)7-5-13/h8-9,12-14,16H,4-7,10H2,1-3H3,(H,19,20). The SMILES string of the molecule is COC(=O)c1ccc(NC(C)C2CC3CCC2CC3)nc1C. The maximum atomic E-state index is 11.6. The highest BCUT2D eigenvalue weighted by Gasteiger charge is 2.38. The predicted molar refractivity (Wildman–Crippen MR) is 87.0 cm³/mol. The number of methoxy groups -OCH3 is 1. The Labute approximate surface area is 132 Å². The number of fused-ring (bicyclic) bond motifs is 3. The van der Waals surface area contributed by atoms with E-state index in [0.29, 0.717) is 17.3 Å². The van der Waals surface area contributed by atoms with Crippen LogP contribution >= 0.6 is 0 Å². The third-order valence-corrected chi connectivity index (χ3v) is 5.61. The number of nitrogens with zero attached hydrogens (tertiary/aromatic N) is 1. The summed E-state index contributed by atoms with van der Waals surface area (Å²) >= 11 is 0.